The van der Waals surface area contributed by atoms with E-state index in [1.165, 1.54) is 4.80 Å². The van der Waals surface area contributed by atoms with Crippen LogP contribution in [-0.2, 0) is 6.42 Å². The molecule has 3 aromatic rings. The Balaban J connectivity index is 1.78. The minimum Gasteiger partial charge on any atom is -0.469 e. The summed E-state index contributed by atoms with van der Waals surface area (Å²) < 4.78 is 5.20. The molecule has 0 aliphatic heterocycles. The molecule has 0 saturated carbocycles. The van der Waals surface area contributed by atoms with Crippen LogP contribution in [0.15, 0.2) is 59.3 Å². The normalized spacial score (nSPS) is 12.5. The van der Waals surface area contributed by atoms with Crippen molar-refractivity contribution in [2.75, 3.05) is 0 Å². The van der Waals surface area contributed by atoms with Crippen LogP contribution in [0.2, 0.25) is 0 Å². The molecule has 96 valence electrons. The highest BCUT2D eigenvalue weighted by molar-refractivity contribution is 5.28. The van der Waals surface area contributed by atoms with Gasteiger partial charge in [-0.15, -0.1) is 0 Å². The number of nitrogens with zero attached hydrogens (tertiary/aromatic N) is 3. The Morgan fingerprint density at radius 2 is 2.00 bits per heavy atom. The van der Waals surface area contributed by atoms with Crippen molar-refractivity contribution in [1.29, 1.82) is 0 Å². The lowest BCUT2D eigenvalue weighted by molar-refractivity contribution is 0.165. The molecular formula is C14H13N3O2. The van der Waals surface area contributed by atoms with E-state index in [9.17, 15) is 5.11 Å². The first kappa shape index (κ1) is 11.7. The molecule has 0 bridgehead atoms. The van der Waals surface area contributed by atoms with Crippen LogP contribution in [0.25, 0.3) is 5.69 Å². The summed E-state index contributed by atoms with van der Waals surface area (Å²) in [7, 11) is 0. The molecule has 1 aromatic carbocycles. The number of aromatic nitrogens is 3. The molecular weight excluding hydrogens is 242 g/mol. The maximum absolute atomic E-state index is 10.1. The molecule has 0 radical (unpaired) electrons. The number of aliphatic hydroxyl groups excluding tert-OH is 1. The van der Waals surface area contributed by atoms with Crippen LogP contribution in [-0.4, -0.2) is 20.1 Å². The highest BCUT2D eigenvalue weighted by Crippen LogP contribution is 2.16. The van der Waals surface area contributed by atoms with Gasteiger partial charge < -0.3 is 9.52 Å². The summed E-state index contributed by atoms with van der Waals surface area (Å²) in [6.45, 7) is 0. The van der Waals surface area contributed by atoms with Crippen LogP contribution in [0.3, 0.4) is 0 Å². The lowest BCUT2D eigenvalue weighted by atomic mass is 10.2. The van der Waals surface area contributed by atoms with Gasteiger partial charge >= 0.3 is 0 Å². The first-order chi connectivity index (χ1) is 9.33. The van der Waals surface area contributed by atoms with E-state index in [0.29, 0.717) is 12.1 Å². The lowest BCUT2D eigenvalue weighted by Crippen LogP contribution is -2.04. The molecule has 0 fully saturated rings. The van der Waals surface area contributed by atoms with Crippen LogP contribution < -0.4 is 0 Å². The van der Waals surface area contributed by atoms with Crippen molar-refractivity contribution >= 4 is 0 Å². The number of furan rings is 1. The first-order valence-corrected chi connectivity index (χ1v) is 6.01. The molecule has 0 saturated heterocycles. The summed E-state index contributed by atoms with van der Waals surface area (Å²) in [5.74, 6) is 0.724. The fraction of sp³-hybridized carbons (Fsp3) is 0.143. The van der Waals surface area contributed by atoms with E-state index in [0.717, 1.165) is 11.4 Å². The smallest absolute Gasteiger partial charge is 0.112 e. The number of benzene rings is 1. The minimum atomic E-state index is -0.719. The summed E-state index contributed by atoms with van der Waals surface area (Å²) in [4.78, 5) is 1.50. The number of rotatable bonds is 4. The van der Waals surface area contributed by atoms with Gasteiger partial charge in [0.2, 0.25) is 0 Å². The zero-order valence-electron chi connectivity index (χ0n) is 10.2. The summed E-state index contributed by atoms with van der Waals surface area (Å²) >= 11 is 0. The van der Waals surface area contributed by atoms with E-state index in [4.69, 9.17) is 4.42 Å². The molecule has 5 heteroatoms. The topological polar surface area (TPSA) is 64.1 Å². The molecule has 1 atom stereocenters. The highest BCUT2D eigenvalue weighted by atomic mass is 16.3. The second-order valence-electron chi connectivity index (χ2n) is 4.19. The van der Waals surface area contributed by atoms with E-state index in [1.54, 1.807) is 18.5 Å². The van der Waals surface area contributed by atoms with Gasteiger partial charge in [0, 0.05) is 6.42 Å². The van der Waals surface area contributed by atoms with Crippen LogP contribution in [0.4, 0.5) is 0 Å². The van der Waals surface area contributed by atoms with Gasteiger partial charge in [0.1, 0.15) is 17.6 Å². The van der Waals surface area contributed by atoms with Crippen molar-refractivity contribution in [1.82, 2.24) is 15.0 Å². The van der Waals surface area contributed by atoms with Crippen molar-refractivity contribution in [3.8, 4) is 5.69 Å². The molecule has 2 aromatic heterocycles. The quantitative estimate of drug-likeness (QED) is 0.775. The van der Waals surface area contributed by atoms with Crippen molar-refractivity contribution in [2.45, 2.75) is 12.5 Å². The van der Waals surface area contributed by atoms with E-state index >= 15 is 0 Å². The number of aliphatic hydroxyl groups is 1. The summed E-state index contributed by atoms with van der Waals surface area (Å²) in [5, 5.41) is 18.5. The lowest BCUT2D eigenvalue weighted by Gasteiger charge is -2.04. The third-order valence-corrected chi connectivity index (χ3v) is 2.81. The zero-order chi connectivity index (χ0) is 13.1. The number of hydrogen-bond acceptors (Lipinski definition) is 4. The van der Waals surface area contributed by atoms with Crippen molar-refractivity contribution < 1.29 is 9.52 Å². The van der Waals surface area contributed by atoms with Gasteiger partial charge in [-0.3, -0.25) is 0 Å². The summed E-state index contributed by atoms with van der Waals surface area (Å²) in [6.07, 6.45) is 2.83. The van der Waals surface area contributed by atoms with Gasteiger partial charge in [-0.25, -0.2) is 0 Å². The molecule has 0 amide bonds. The van der Waals surface area contributed by atoms with Gasteiger partial charge in [-0.2, -0.15) is 15.0 Å². The minimum absolute atomic E-state index is 0.389. The molecule has 5 nitrogen and oxygen atoms in total. The second kappa shape index (κ2) is 5.07. The summed E-state index contributed by atoms with van der Waals surface area (Å²) in [6, 6.07) is 13.2. The van der Waals surface area contributed by atoms with Gasteiger partial charge in [-0.05, 0) is 24.3 Å². The highest BCUT2D eigenvalue weighted by Gasteiger charge is 2.14. The Kier molecular flexibility index (Phi) is 3.12. The van der Waals surface area contributed by atoms with Gasteiger partial charge in [-0.1, -0.05) is 18.2 Å². The molecule has 3 rings (SSSR count). The Morgan fingerprint density at radius 1 is 1.16 bits per heavy atom. The number of para-hydroxylation sites is 1. The Bertz CT molecular complexity index is 632. The third kappa shape index (κ3) is 2.56. The second-order valence-corrected chi connectivity index (χ2v) is 4.19. The van der Waals surface area contributed by atoms with Crippen molar-refractivity contribution in [3.05, 3.63) is 66.4 Å². The monoisotopic (exact) mass is 255 g/mol. The molecule has 19 heavy (non-hydrogen) atoms. The molecule has 1 N–H and O–H groups in total. The maximum atomic E-state index is 10.1. The Hall–Kier alpha value is -2.40. The molecule has 0 aliphatic carbocycles. The Morgan fingerprint density at radius 3 is 2.74 bits per heavy atom. The molecule has 2 heterocycles. The standard InChI is InChI=1S/C14H13N3O2/c18-14(9-12-7-4-8-19-12)13-10-15-17(16-13)11-5-2-1-3-6-11/h1-8,10,14,18H,9H2. The average molecular weight is 255 g/mol. The predicted molar refractivity (Wildman–Crippen MR) is 68.7 cm³/mol. The van der Waals surface area contributed by atoms with Crippen LogP contribution in [0.5, 0.6) is 0 Å². The zero-order valence-corrected chi connectivity index (χ0v) is 10.2. The molecule has 0 aliphatic rings. The van der Waals surface area contributed by atoms with Gasteiger partial charge in [0.05, 0.1) is 18.1 Å². The molecule has 1 unspecified atom stereocenters. The van der Waals surface area contributed by atoms with Crippen molar-refractivity contribution in [3.63, 3.8) is 0 Å². The molecule has 0 spiro atoms. The number of hydrogen-bond donors (Lipinski definition) is 1. The average Bonchev–Trinajstić information content (AvgIpc) is 3.10. The summed E-state index contributed by atoms with van der Waals surface area (Å²) in [5.41, 5.74) is 1.39. The van der Waals surface area contributed by atoms with E-state index in [1.807, 2.05) is 36.4 Å². The fourth-order valence-corrected chi connectivity index (χ4v) is 1.84. The van der Waals surface area contributed by atoms with Gasteiger partial charge in [0.25, 0.3) is 0 Å². The van der Waals surface area contributed by atoms with Crippen LogP contribution >= 0.6 is 0 Å². The van der Waals surface area contributed by atoms with E-state index in [-0.39, 0.29) is 0 Å². The first-order valence-electron chi connectivity index (χ1n) is 6.01. The maximum Gasteiger partial charge on any atom is 0.112 e. The Labute approximate surface area is 110 Å². The fourth-order valence-electron chi connectivity index (χ4n) is 1.84. The van der Waals surface area contributed by atoms with Crippen LogP contribution in [0.1, 0.15) is 17.6 Å². The van der Waals surface area contributed by atoms with E-state index in [2.05, 4.69) is 10.2 Å². The predicted octanol–water partition coefficient (Wildman–Crippen LogP) is 2.14. The van der Waals surface area contributed by atoms with E-state index < -0.39 is 6.10 Å². The third-order valence-electron chi connectivity index (χ3n) is 2.81. The SMILES string of the molecule is OC(Cc1ccco1)c1cnn(-c2ccccc2)n1. The van der Waals surface area contributed by atoms with Gasteiger partial charge in [0.15, 0.2) is 0 Å². The largest absolute Gasteiger partial charge is 0.469 e. The van der Waals surface area contributed by atoms with Crippen LogP contribution in [0, 0.1) is 0 Å². The van der Waals surface area contributed by atoms with Crippen molar-refractivity contribution in [2.24, 2.45) is 0 Å².